The molecule has 19 heavy (non-hydrogen) atoms. The van der Waals surface area contributed by atoms with Gasteiger partial charge in [-0.25, -0.2) is 0 Å². The van der Waals surface area contributed by atoms with Crippen molar-refractivity contribution in [2.24, 2.45) is 0 Å². The average Bonchev–Trinajstić information content (AvgIpc) is 2.40. The number of halogens is 2. The standard InChI is InChI=1S/C14H16BrClN2O/c1-2-10(19)8-17-7-9-5-14-11(6-12(9)15)13(16)3-4-18-14/h3-6,10,17,19H,2,7-8H2,1H3. The maximum atomic E-state index is 9.51. The van der Waals surface area contributed by atoms with E-state index in [-0.39, 0.29) is 6.10 Å². The van der Waals surface area contributed by atoms with Gasteiger partial charge in [-0.2, -0.15) is 0 Å². The Kier molecular flexibility index (Phi) is 5.16. The number of rotatable bonds is 5. The molecule has 0 bridgehead atoms. The van der Waals surface area contributed by atoms with Crippen LogP contribution in [0.4, 0.5) is 0 Å². The average molecular weight is 344 g/mol. The van der Waals surface area contributed by atoms with E-state index in [1.807, 2.05) is 19.1 Å². The van der Waals surface area contributed by atoms with Crippen molar-refractivity contribution >= 4 is 38.4 Å². The number of nitrogens with zero attached hydrogens (tertiary/aromatic N) is 1. The zero-order chi connectivity index (χ0) is 13.8. The maximum Gasteiger partial charge on any atom is 0.0720 e. The van der Waals surface area contributed by atoms with Gasteiger partial charge in [0.2, 0.25) is 0 Å². The van der Waals surface area contributed by atoms with E-state index < -0.39 is 0 Å². The van der Waals surface area contributed by atoms with Gasteiger partial charge < -0.3 is 10.4 Å². The van der Waals surface area contributed by atoms with Gasteiger partial charge in [-0.3, -0.25) is 4.98 Å². The Morgan fingerprint density at radius 3 is 3.00 bits per heavy atom. The summed E-state index contributed by atoms with van der Waals surface area (Å²) in [5, 5.41) is 14.4. The first kappa shape index (κ1) is 14.7. The van der Waals surface area contributed by atoms with Crippen molar-refractivity contribution in [2.75, 3.05) is 6.54 Å². The summed E-state index contributed by atoms with van der Waals surface area (Å²) in [6, 6.07) is 5.78. The predicted octanol–water partition coefficient (Wildman–Crippen LogP) is 3.51. The number of fused-ring (bicyclic) bond motifs is 1. The summed E-state index contributed by atoms with van der Waals surface area (Å²) in [5.41, 5.74) is 1.98. The van der Waals surface area contributed by atoms with Crippen LogP contribution in [0.1, 0.15) is 18.9 Å². The Morgan fingerprint density at radius 1 is 1.47 bits per heavy atom. The fourth-order valence-electron chi connectivity index (χ4n) is 1.83. The van der Waals surface area contributed by atoms with Gasteiger partial charge in [0.15, 0.2) is 0 Å². The highest BCUT2D eigenvalue weighted by atomic mass is 79.9. The monoisotopic (exact) mass is 342 g/mol. The molecule has 2 rings (SSSR count). The van der Waals surface area contributed by atoms with E-state index in [1.165, 1.54) is 0 Å². The number of aliphatic hydroxyl groups is 1. The molecule has 5 heteroatoms. The van der Waals surface area contributed by atoms with Gasteiger partial charge in [0.1, 0.15) is 0 Å². The van der Waals surface area contributed by atoms with Crippen LogP contribution in [0.3, 0.4) is 0 Å². The van der Waals surface area contributed by atoms with E-state index >= 15 is 0 Å². The first-order valence-electron chi connectivity index (χ1n) is 6.23. The molecule has 0 aliphatic heterocycles. The minimum Gasteiger partial charge on any atom is -0.392 e. The second kappa shape index (κ2) is 6.66. The minimum absolute atomic E-state index is 0.299. The minimum atomic E-state index is -0.299. The number of hydrogen-bond acceptors (Lipinski definition) is 3. The van der Waals surface area contributed by atoms with Gasteiger partial charge in [0.25, 0.3) is 0 Å². The number of nitrogens with one attached hydrogen (secondary N) is 1. The molecule has 2 N–H and O–H groups in total. The van der Waals surface area contributed by atoms with E-state index in [2.05, 4.69) is 26.2 Å². The lowest BCUT2D eigenvalue weighted by molar-refractivity contribution is 0.167. The van der Waals surface area contributed by atoms with Crippen molar-refractivity contribution in [1.82, 2.24) is 10.3 Å². The summed E-state index contributed by atoms with van der Waals surface area (Å²) in [7, 11) is 0. The van der Waals surface area contributed by atoms with Crippen LogP contribution in [0.15, 0.2) is 28.9 Å². The predicted molar refractivity (Wildman–Crippen MR) is 82.5 cm³/mol. The van der Waals surface area contributed by atoms with E-state index in [0.717, 1.165) is 27.4 Å². The number of hydrogen-bond donors (Lipinski definition) is 2. The zero-order valence-corrected chi connectivity index (χ0v) is 13.0. The van der Waals surface area contributed by atoms with Crippen LogP contribution in [-0.2, 0) is 6.54 Å². The summed E-state index contributed by atoms with van der Waals surface area (Å²) >= 11 is 9.68. The topological polar surface area (TPSA) is 45.1 Å². The smallest absolute Gasteiger partial charge is 0.0720 e. The molecule has 0 fully saturated rings. The fraction of sp³-hybridized carbons (Fsp3) is 0.357. The van der Waals surface area contributed by atoms with Crippen LogP contribution in [0, 0.1) is 0 Å². The maximum absolute atomic E-state index is 9.51. The van der Waals surface area contributed by atoms with Crippen molar-refractivity contribution in [1.29, 1.82) is 0 Å². The number of aromatic nitrogens is 1. The number of benzene rings is 1. The second-order valence-corrected chi connectivity index (χ2v) is 5.71. The lowest BCUT2D eigenvalue weighted by Gasteiger charge is -2.11. The quantitative estimate of drug-likeness (QED) is 0.873. The van der Waals surface area contributed by atoms with Gasteiger partial charge in [0.05, 0.1) is 16.6 Å². The van der Waals surface area contributed by atoms with Crippen molar-refractivity contribution in [3.8, 4) is 0 Å². The highest BCUT2D eigenvalue weighted by Crippen LogP contribution is 2.28. The van der Waals surface area contributed by atoms with E-state index in [1.54, 1.807) is 12.3 Å². The molecule has 0 aliphatic rings. The normalized spacial score (nSPS) is 12.8. The SMILES string of the molecule is CCC(O)CNCc1cc2nccc(Cl)c2cc1Br. The summed E-state index contributed by atoms with van der Waals surface area (Å²) < 4.78 is 0.994. The molecular weight excluding hydrogens is 328 g/mol. The largest absolute Gasteiger partial charge is 0.392 e. The lowest BCUT2D eigenvalue weighted by Crippen LogP contribution is -2.25. The van der Waals surface area contributed by atoms with Crippen molar-refractivity contribution in [3.63, 3.8) is 0 Å². The van der Waals surface area contributed by atoms with Gasteiger partial charge >= 0.3 is 0 Å². The Morgan fingerprint density at radius 2 is 2.26 bits per heavy atom. The van der Waals surface area contributed by atoms with Crippen LogP contribution in [0.5, 0.6) is 0 Å². The molecule has 0 aliphatic carbocycles. The first-order valence-corrected chi connectivity index (χ1v) is 7.40. The molecule has 1 unspecified atom stereocenters. The molecule has 0 spiro atoms. The number of pyridine rings is 1. The third-order valence-corrected chi connectivity index (χ3v) is 4.09. The molecule has 0 amide bonds. The summed E-state index contributed by atoms with van der Waals surface area (Å²) in [6.45, 7) is 3.23. The second-order valence-electron chi connectivity index (χ2n) is 4.45. The summed E-state index contributed by atoms with van der Waals surface area (Å²) in [4.78, 5) is 4.32. The Balaban J connectivity index is 2.17. The molecule has 0 saturated heterocycles. The molecular formula is C14H16BrClN2O. The van der Waals surface area contributed by atoms with Crippen molar-refractivity contribution < 1.29 is 5.11 Å². The third kappa shape index (κ3) is 3.66. The highest BCUT2D eigenvalue weighted by molar-refractivity contribution is 9.10. The highest BCUT2D eigenvalue weighted by Gasteiger charge is 2.07. The Hall–Kier alpha value is -0.680. The van der Waals surface area contributed by atoms with Crippen LogP contribution in [-0.4, -0.2) is 22.7 Å². The molecule has 2 aromatic rings. The first-order chi connectivity index (χ1) is 9.11. The summed E-state index contributed by atoms with van der Waals surface area (Å²) in [6.07, 6.45) is 2.16. The van der Waals surface area contributed by atoms with Crippen LogP contribution in [0.2, 0.25) is 5.02 Å². The van der Waals surface area contributed by atoms with Crippen LogP contribution < -0.4 is 5.32 Å². The molecule has 1 aromatic heterocycles. The zero-order valence-electron chi connectivity index (χ0n) is 10.7. The van der Waals surface area contributed by atoms with E-state index in [9.17, 15) is 5.11 Å². The lowest BCUT2D eigenvalue weighted by atomic mass is 10.1. The summed E-state index contributed by atoms with van der Waals surface area (Å²) in [5.74, 6) is 0. The van der Waals surface area contributed by atoms with Crippen molar-refractivity contribution in [2.45, 2.75) is 26.0 Å². The molecule has 1 atom stereocenters. The third-order valence-electron chi connectivity index (χ3n) is 3.02. The van der Waals surface area contributed by atoms with Gasteiger partial charge in [-0.05, 0) is 30.2 Å². The van der Waals surface area contributed by atoms with E-state index in [0.29, 0.717) is 18.1 Å². The van der Waals surface area contributed by atoms with Gasteiger partial charge in [-0.15, -0.1) is 0 Å². The molecule has 0 radical (unpaired) electrons. The fourth-order valence-corrected chi connectivity index (χ4v) is 2.52. The molecule has 3 nitrogen and oxygen atoms in total. The Bertz CT molecular complexity index is 577. The van der Waals surface area contributed by atoms with E-state index in [4.69, 9.17) is 11.6 Å². The molecule has 1 heterocycles. The van der Waals surface area contributed by atoms with Crippen LogP contribution >= 0.6 is 27.5 Å². The molecule has 1 aromatic carbocycles. The molecule has 102 valence electrons. The van der Waals surface area contributed by atoms with Crippen molar-refractivity contribution in [3.05, 3.63) is 39.5 Å². The Labute approximate surface area is 126 Å². The van der Waals surface area contributed by atoms with Crippen LogP contribution in [0.25, 0.3) is 10.9 Å². The van der Waals surface area contributed by atoms with Gasteiger partial charge in [-0.1, -0.05) is 34.5 Å². The van der Waals surface area contributed by atoms with Gasteiger partial charge in [0, 0.05) is 29.1 Å². The number of aliphatic hydroxyl groups excluding tert-OH is 1. The molecule has 0 saturated carbocycles.